The van der Waals surface area contributed by atoms with Crippen molar-refractivity contribution in [1.82, 2.24) is 14.3 Å². The first kappa shape index (κ1) is 14.5. The van der Waals surface area contributed by atoms with E-state index in [0.717, 1.165) is 19.3 Å². The molecule has 0 aliphatic heterocycles. The van der Waals surface area contributed by atoms with E-state index >= 15 is 0 Å². The van der Waals surface area contributed by atoms with Gasteiger partial charge in [-0.1, -0.05) is 6.42 Å². The minimum Gasteiger partial charge on any atom is -0.393 e. The van der Waals surface area contributed by atoms with E-state index in [9.17, 15) is 13.5 Å². The van der Waals surface area contributed by atoms with Crippen LogP contribution in [0, 0.1) is 12.8 Å². The predicted octanol–water partition coefficient (Wildman–Crippen LogP) is 0.558. The predicted molar refractivity (Wildman–Crippen MR) is 71.1 cm³/mol. The largest absolute Gasteiger partial charge is 0.393 e. The quantitative estimate of drug-likeness (QED) is 0.847. The molecule has 1 heterocycles. The second-order valence-electron chi connectivity index (χ2n) is 5.28. The Balaban J connectivity index is 1.98. The number of aromatic nitrogens is 2. The summed E-state index contributed by atoms with van der Waals surface area (Å²) in [7, 11) is -1.78. The van der Waals surface area contributed by atoms with E-state index < -0.39 is 10.0 Å². The summed E-state index contributed by atoms with van der Waals surface area (Å²) in [6, 6.07) is 0. The minimum absolute atomic E-state index is 0.0591. The molecular weight excluding hydrogens is 266 g/mol. The number of imidazole rings is 1. The number of aliphatic hydroxyl groups excluding tert-OH is 1. The molecule has 0 saturated heterocycles. The summed E-state index contributed by atoms with van der Waals surface area (Å²) in [6.07, 6.45) is 4.62. The molecule has 0 bridgehead atoms. The Morgan fingerprint density at radius 1 is 1.53 bits per heavy atom. The van der Waals surface area contributed by atoms with Crippen molar-refractivity contribution in [2.24, 2.45) is 13.0 Å². The van der Waals surface area contributed by atoms with E-state index in [1.54, 1.807) is 18.5 Å². The number of rotatable bonds is 4. The van der Waals surface area contributed by atoms with E-state index in [1.807, 2.05) is 0 Å². The molecule has 1 saturated carbocycles. The highest BCUT2D eigenvalue weighted by Gasteiger charge is 2.24. The zero-order chi connectivity index (χ0) is 14.0. The molecule has 2 N–H and O–H groups in total. The summed E-state index contributed by atoms with van der Waals surface area (Å²) >= 11 is 0. The van der Waals surface area contributed by atoms with Gasteiger partial charge >= 0.3 is 0 Å². The molecule has 19 heavy (non-hydrogen) atoms. The SMILES string of the molecule is Cc1nc(S(=O)(=O)NCC2CCCC(O)C2)cn1C. The van der Waals surface area contributed by atoms with Crippen LogP contribution in [0.15, 0.2) is 11.2 Å². The van der Waals surface area contributed by atoms with E-state index in [2.05, 4.69) is 9.71 Å². The lowest BCUT2D eigenvalue weighted by Gasteiger charge is -2.25. The van der Waals surface area contributed by atoms with E-state index in [1.165, 1.54) is 6.20 Å². The molecule has 0 radical (unpaired) electrons. The number of sulfonamides is 1. The summed E-state index contributed by atoms with van der Waals surface area (Å²) < 4.78 is 28.4. The first-order valence-electron chi connectivity index (χ1n) is 6.56. The highest BCUT2D eigenvalue weighted by atomic mass is 32.2. The maximum atomic E-state index is 12.1. The number of nitrogens with one attached hydrogen (secondary N) is 1. The number of nitrogens with zero attached hydrogens (tertiary/aromatic N) is 2. The highest BCUT2D eigenvalue weighted by molar-refractivity contribution is 7.89. The Hall–Kier alpha value is -0.920. The minimum atomic E-state index is -3.54. The highest BCUT2D eigenvalue weighted by Crippen LogP contribution is 2.23. The van der Waals surface area contributed by atoms with E-state index in [0.29, 0.717) is 18.8 Å². The van der Waals surface area contributed by atoms with Crippen LogP contribution in [-0.4, -0.2) is 35.7 Å². The van der Waals surface area contributed by atoms with Gasteiger partial charge in [-0.25, -0.2) is 18.1 Å². The Morgan fingerprint density at radius 3 is 2.84 bits per heavy atom. The maximum absolute atomic E-state index is 12.1. The van der Waals surface area contributed by atoms with Gasteiger partial charge in [0.2, 0.25) is 0 Å². The van der Waals surface area contributed by atoms with Crippen LogP contribution in [0.5, 0.6) is 0 Å². The Morgan fingerprint density at radius 2 is 2.26 bits per heavy atom. The molecule has 1 aliphatic rings. The molecule has 1 aromatic heterocycles. The van der Waals surface area contributed by atoms with Gasteiger partial charge in [0, 0.05) is 19.8 Å². The van der Waals surface area contributed by atoms with Crippen molar-refractivity contribution in [2.75, 3.05) is 6.54 Å². The lowest BCUT2D eigenvalue weighted by molar-refractivity contribution is 0.102. The van der Waals surface area contributed by atoms with Gasteiger partial charge in [0.1, 0.15) is 5.82 Å². The van der Waals surface area contributed by atoms with Crippen molar-refractivity contribution in [3.63, 3.8) is 0 Å². The lowest BCUT2D eigenvalue weighted by Crippen LogP contribution is -2.33. The van der Waals surface area contributed by atoms with Gasteiger partial charge in [0.25, 0.3) is 10.0 Å². The summed E-state index contributed by atoms with van der Waals surface area (Å²) in [5, 5.41) is 9.63. The van der Waals surface area contributed by atoms with Gasteiger partial charge in [0.15, 0.2) is 5.03 Å². The molecule has 7 heteroatoms. The Kier molecular flexibility index (Phi) is 4.27. The van der Waals surface area contributed by atoms with Gasteiger partial charge in [-0.2, -0.15) is 0 Å². The zero-order valence-electron chi connectivity index (χ0n) is 11.3. The van der Waals surface area contributed by atoms with Crippen molar-refractivity contribution in [3.8, 4) is 0 Å². The Bertz CT molecular complexity index is 519. The smallest absolute Gasteiger partial charge is 0.259 e. The molecule has 0 amide bonds. The van der Waals surface area contributed by atoms with Crippen LogP contribution in [-0.2, 0) is 17.1 Å². The molecule has 6 nitrogen and oxygen atoms in total. The zero-order valence-corrected chi connectivity index (χ0v) is 12.2. The molecular formula is C12H21N3O3S. The summed E-state index contributed by atoms with van der Waals surface area (Å²) in [6.45, 7) is 2.13. The molecule has 1 fully saturated rings. The third kappa shape index (κ3) is 3.55. The molecule has 0 spiro atoms. The summed E-state index contributed by atoms with van der Waals surface area (Å²) in [5.41, 5.74) is 0. The van der Waals surface area contributed by atoms with Crippen molar-refractivity contribution in [1.29, 1.82) is 0 Å². The average Bonchev–Trinajstić information content (AvgIpc) is 2.68. The number of aliphatic hydroxyl groups is 1. The fourth-order valence-corrected chi connectivity index (χ4v) is 3.56. The normalized spacial score (nSPS) is 24.6. The van der Waals surface area contributed by atoms with Gasteiger partial charge in [-0.3, -0.25) is 0 Å². The average molecular weight is 287 g/mol. The lowest BCUT2D eigenvalue weighted by atomic mass is 9.87. The van der Waals surface area contributed by atoms with Crippen LogP contribution in [0.3, 0.4) is 0 Å². The van der Waals surface area contributed by atoms with E-state index in [4.69, 9.17) is 0 Å². The first-order valence-corrected chi connectivity index (χ1v) is 8.04. The van der Waals surface area contributed by atoms with Crippen LogP contribution in [0.1, 0.15) is 31.5 Å². The standard InChI is InChI=1S/C12H21N3O3S/c1-9-14-12(8-15(9)2)19(17,18)13-7-10-4-3-5-11(16)6-10/h8,10-11,13,16H,3-7H2,1-2H3. The third-order valence-electron chi connectivity index (χ3n) is 3.68. The molecule has 1 aliphatic carbocycles. The van der Waals surface area contributed by atoms with Crippen LogP contribution < -0.4 is 4.72 Å². The van der Waals surface area contributed by atoms with Crippen LogP contribution >= 0.6 is 0 Å². The fraction of sp³-hybridized carbons (Fsp3) is 0.750. The first-order chi connectivity index (χ1) is 8.88. The summed E-state index contributed by atoms with van der Waals surface area (Å²) in [4.78, 5) is 4.02. The fourth-order valence-electron chi connectivity index (χ4n) is 2.41. The molecule has 0 aromatic carbocycles. The van der Waals surface area contributed by atoms with Gasteiger partial charge in [0.05, 0.1) is 6.10 Å². The van der Waals surface area contributed by atoms with Crippen molar-refractivity contribution < 1.29 is 13.5 Å². The summed E-state index contributed by atoms with van der Waals surface area (Å²) in [5.74, 6) is 0.872. The monoisotopic (exact) mass is 287 g/mol. The van der Waals surface area contributed by atoms with Gasteiger partial charge < -0.3 is 9.67 Å². The van der Waals surface area contributed by atoms with Crippen LogP contribution in [0.4, 0.5) is 0 Å². The van der Waals surface area contributed by atoms with Crippen molar-refractivity contribution in [2.45, 2.75) is 43.7 Å². The van der Waals surface area contributed by atoms with Crippen LogP contribution in [0.2, 0.25) is 0 Å². The van der Waals surface area contributed by atoms with Gasteiger partial charge in [-0.15, -0.1) is 0 Å². The number of aryl methyl sites for hydroxylation is 2. The number of hydrogen-bond donors (Lipinski definition) is 2. The van der Waals surface area contributed by atoms with Crippen molar-refractivity contribution >= 4 is 10.0 Å². The molecule has 2 unspecified atom stereocenters. The molecule has 2 rings (SSSR count). The van der Waals surface area contributed by atoms with Gasteiger partial charge in [-0.05, 0) is 32.1 Å². The second kappa shape index (κ2) is 5.60. The topological polar surface area (TPSA) is 84.2 Å². The van der Waals surface area contributed by atoms with Crippen molar-refractivity contribution in [3.05, 3.63) is 12.0 Å². The molecule has 2 atom stereocenters. The number of hydrogen-bond acceptors (Lipinski definition) is 4. The third-order valence-corrected chi connectivity index (χ3v) is 4.97. The molecule has 108 valence electrons. The maximum Gasteiger partial charge on any atom is 0.259 e. The Labute approximate surface area is 113 Å². The van der Waals surface area contributed by atoms with E-state index in [-0.39, 0.29) is 17.0 Å². The van der Waals surface area contributed by atoms with Crippen LogP contribution in [0.25, 0.3) is 0 Å². The molecule has 1 aromatic rings. The second-order valence-corrected chi connectivity index (χ2v) is 6.99.